The number of anilines is 1. The Morgan fingerprint density at radius 2 is 1.92 bits per heavy atom. The molecule has 1 unspecified atom stereocenters. The highest BCUT2D eigenvalue weighted by atomic mass is 35.5. The summed E-state index contributed by atoms with van der Waals surface area (Å²) in [6.07, 6.45) is -2.17. The summed E-state index contributed by atoms with van der Waals surface area (Å²) < 4.78 is 48.7. The van der Waals surface area contributed by atoms with Gasteiger partial charge in [-0.25, -0.2) is 15.0 Å². The van der Waals surface area contributed by atoms with E-state index in [1.165, 1.54) is 27.1 Å². The van der Waals surface area contributed by atoms with E-state index >= 15 is 0 Å². The van der Waals surface area contributed by atoms with E-state index in [1.807, 2.05) is 6.92 Å². The number of aryl methyl sites for hydroxylation is 2. The Morgan fingerprint density at radius 3 is 2.58 bits per heavy atom. The number of halogens is 4. The number of ether oxygens (including phenoxy) is 1. The first-order valence-electron chi connectivity index (χ1n) is 15.3. The van der Waals surface area contributed by atoms with Crippen molar-refractivity contribution in [2.45, 2.75) is 58.0 Å². The number of carbonyl (C=O) groups is 2. The van der Waals surface area contributed by atoms with Gasteiger partial charge in [0.15, 0.2) is 17.3 Å². The lowest BCUT2D eigenvalue weighted by Crippen LogP contribution is -2.47. The van der Waals surface area contributed by atoms with E-state index in [0.29, 0.717) is 10.6 Å². The van der Waals surface area contributed by atoms with Gasteiger partial charge in [-0.2, -0.15) is 22.7 Å². The number of piperidine rings is 1. The number of nitrogens with zero attached hydrogens (tertiary/aromatic N) is 8. The first kappa shape index (κ1) is 33.6. The van der Waals surface area contributed by atoms with Crippen LogP contribution in [0.15, 0.2) is 35.5 Å². The van der Waals surface area contributed by atoms with Crippen LogP contribution in [-0.2, 0) is 27.9 Å². The van der Waals surface area contributed by atoms with Crippen LogP contribution in [0.5, 0.6) is 5.75 Å². The number of carbonyl (C=O) groups excluding carboxylic acids is 2. The van der Waals surface area contributed by atoms with Crippen molar-refractivity contribution in [1.29, 1.82) is 0 Å². The van der Waals surface area contributed by atoms with Crippen molar-refractivity contribution in [3.63, 3.8) is 0 Å². The molecular formula is C31H27ClF3N9O5S. The van der Waals surface area contributed by atoms with Crippen molar-refractivity contribution in [3.8, 4) is 16.5 Å². The number of amides is 2. The number of fused-ring (bicyclic) bond motifs is 3. The summed E-state index contributed by atoms with van der Waals surface area (Å²) in [6, 6.07) is 2.59. The van der Waals surface area contributed by atoms with E-state index < -0.39 is 47.4 Å². The smallest absolute Gasteiger partial charge is 0.416 e. The molecule has 1 fully saturated rings. The Hall–Kier alpha value is -4.94. The average Bonchev–Trinajstić information content (AvgIpc) is 3.77. The van der Waals surface area contributed by atoms with Crippen LogP contribution in [0.25, 0.3) is 16.5 Å². The maximum Gasteiger partial charge on any atom is 0.416 e. The molecule has 260 valence electrons. The Kier molecular flexibility index (Phi) is 8.14. The first-order valence-corrected chi connectivity index (χ1v) is 16.5. The molecule has 14 nitrogen and oxygen atoms in total. The second-order valence-electron chi connectivity index (χ2n) is 12.0. The van der Waals surface area contributed by atoms with Crippen LogP contribution in [0.4, 0.5) is 18.9 Å². The van der Waals surface area contributed by atoms with Crippen LogP contribution in [0, 0.1) is 13.8 Å². The minimum Gasteiger partial charge on any atom is -0.504 e. The van der Waals surface area contributed by atoms with Gasteiger partial charge in [0.1, 0.15) is 18.5 Å². The summed E-state index contributed by atoms with van der Waals surface area (Å²) >= 11 is 7.43. The monoisotopic (exact) mass is 729 g/mol. The quantitative estimate of drug-likeness (QED) is 0.260. The molecule has 19 heteroatoms. The molecule has 0 saturated carbocycles. The van der Waals surface area contributed by atoms with Crippen LogP contribution in [0.1, 0.15) is 63.9 Å². The van der Waals surface area contributed by atoms with Crippen molar-refractivity contribution in [1.82, 2.24) is 39.0 Å². The molecular weight excluding hydrogens is 703 g/mol. The van der Waals surface area contributed by atoms with Gasteiger partial charge in [-0.1, -0.05) is 11.6 Å². The van der Waals surface area contributed by atoms with Crippen LogP contribution < -0.4 is 10.9 Å². The SMILES string of the molecule is Cc1ncc(-c2nc3n(CC(=O)Nc4ccc(C(F)(F)F)cc4Cl)c4c(c(=O)n3n2)C2(CCN(C(=O)c3ncnc(C)c3O)CC2)OC4C)s1. The summed E-state index contributed by atoms with van der Waals surface area (Å²) in [4.78, 5) is 60.0. The molecule has 0 bridgehead atoms. The molecule has 2 aliphatic heterocycles. The maximum atomic E-state index is 14.3. The third-order valence-corrected chi connectivity index (χ3v) is 10.0. The zero-order valence-corrected chi connectivity index (χ0v) is 28.2. The van der Waals surface area contributed by atoms with Gasteiger partial charge in [0.25, 0.3) is 11.5 Å². The number of hydrogen-bond donors (Lipinski definition) is 2. The fourth-order valence-electron chi connectivity index (χ4n) is 6.44. The number of aromatic nitrogens is 7. The molecule has 5 aromatic rings. The van der Waals surface area contributed by atoms with E-state index in [1.54, 1.807) is 20.0 Å². The lowest BCUT2D eigenvalue weighted by molar-refractivity contribution is -0.137. The molecule has 1 aromatic carbocycles. The molecule has 0 radical (unpaired) electrons. The molecule has 6 heterocycles. The Morgan fingerprint density at radius 1 is 1.18 bits per heavy atom. The fraction of sp³-hybridized carbons (Fsp3) is 0.355. The van der Waals surface area contributed by atoms with Crippen molar-refractivity contribution in [2.75, 3.05) is 18.4 Å². The normalized spacial score (nSPS) is 17.0. The second-order valence-corrected chi connectivity index (χ2v) is 13.6. The van der Waals surface area contributed by atoms with Gasteiger partial charge in [-0.05, 0) is 51.8 Å². The molecule has 1 saturated heterocycles. The topological polar surface area (TPSA) is 170 Å². The second kappa shape index (κ2) is 12.1. The predicted molar refractivity (Wildman–Crippen MR) is 173 cm³/mol. The highest BCUT2D eigenvalue weighted by molar-refractivity contribution is 7.14. The number of rotatable bonds is 5. The van der Waals surface area contributed by atoms with Crippen molar-refractivity contribution >= 4 is 46.2 Å². The lowest BCUT2D eigenvalue weighted by Gasteiger charge is -2.39. The molecule has 7 rings (SSSR count). The number of nitrogens with one attached hydrogen (secondary N) is 1. The van der Waals surface area contributed by atoms with E-state index in [0.717, 1.165) is 27.7 Å². The van der Waals surface area contributed by atoms with E-state index in [9.17, 15) is 32.7 Å². The number of hydrogen-bond acceptors (Lipinski definition) is 11. The van der Waals surface area contributed by atoms with Gasteiger partial charge in [-0.15, -0.1) is 16.4 Å². The van der Waals surface area contributed by atoms with E-state index in [4.69, 9.17) is 16.3 Å². The molecule has 2 N–H and O–H groups in total. The van der Waals surface area contributed by atoms with Crippen molar-refractivity contribution < 1.29 is 32.6 Å². The van der Waals surface area contributed by atoms with Gasteiger partial charge in [0.2, 0.25) is 11.7 Å². The molecule has 1 spiro atoms. The van der Waals surface area contributed by atoms with Gasteiger partial charge in [0, 0.05) is 19.3 Å². The standard InChI is InChI=1S/C31H27ClF3N9O5S/c1-14-25(46)23(38-13-37-14)28(48)42-8-6-30(7-9-42)22-24(15(2)49-30)43(12-21(45)39-19-5-4-17(10-18(19)32)31(33,34)35)29-40-26(41-44(29)27(22)47)20-11-36-16(3)50-20/h4-5,10-11,13,15,46H,6-9,12H2,1-3H3,(H,39,45). The van der Waals surface area contributed by atoms with Crippen LogP contribution in [0.2, 0.25) is 5.02 Å². The van der Waals surface area contributed by atoms with Crippen molar-refractivity contribution in [2.24, 2.45) is 0 Å². The Bertz CT molecular complexity index is 2260. The van der Waals surface area contributed by atoms with Crippen molar-refractivity contribution in [3.05, 3.63) is 79.3 Å². The zero-order chi connectivity index (χ0) is 35.7. The number of thiazole rings is 1. The first-order chi connectivity index (χ1) is 23.7. The van der Waals surface area contributed by atoms with E-state index in [2.05, 4.69) is 30.4 Å². The molecule has 0 aliphatic carbocycles. The Balaban J connectivity index is 1.27. The highest BCUT2D eigenvalue weighted by Crippen LogP contribution is 2.48. The largest absolute Gasteiger partial charge is 0.504 e. The van der Waals surface area contributed by atoms with Crippen LogP contribution in [0.3, 0.4) is 0 Å². The lowest BCUT2D eigenvalue weighted by atomic mass is 9.85. The number of aromatic hydroxyl groups is 1. The third-order valence-electron chi connectivity index (χ3n) is 8.81. The summed E-state index contributed by atoms with van der Waals surface area (Å²) in [5.74, 6) is -1.22. The molecule has 2 aliphatic rings. The maximum absolute atomic E-state index is 14.3. The molecule has 50 heavy (non-hydrogen) atoms. The summed E-state index contributed by atoms with van der Waals surface area (Å²) in [5, 5.41) is 17.9. The molecule has 4 aromatic heterocycles. The van der Waals surface area contributed by atoms with E-state index in [-0.39, 0.29) is 70.9 Å². The van der Waals surface area contributed by atoms with Crippen LogP contribution >= 0.6 is 22.9 Å². The molecule has 2 amide bonds. The minimum atomic E-state index is -4.62. The summed E-state index contributed by atoms with van der Waals surface area (Å²) in [5.41, 5.74) is -1.93. The summed E-state index contributed by atoms with van der Waals surface area (Å²) in [6.45, 7) is 4.97. The highest BCUT2D eigenvalue weighted by Gasteiger charge is 2.50. The number of benzene rings is 1. The average molecular weight is 730 g/mol. The fourth-order valence-corrected chi connectivity index (χ4v) is 7.37. The Labute approximate surface area is 289 Å². The van der Waals surface area contributed by atoms with Gasteiger partial charge < -0.3 is 24.6 Å². The third kappa shape index (κ3) is 5.66. The van der Waals surface area contributed by atoms with Gasteiger partial charge in [-0.3, -0.25) is 14.4 Å². The number of alkyl halides is 3. The molecule has 1 atom stereocenters. The summed E-state index contributed by atoms with van der Waals surface area (Å²) in [7, 11) is 0. The van der Waals surface area contributed by atoms with Gasteiger partial charge in [0.05, 0.1) is 49.2 Å². The minimum absolute atomic E-state index is 0.0385. The van der Waals surface area contributed by atoms with Crippen LogP contribution in [-0.4, -0.2) is 69.0 Å². The zero-order valence-electron chi connectivity index (χ0n) is 26.6. The number of likely N-dealkylation sites (tertiary alicyclic amines) is 1. The predicted octanol–water partition coefficient (Wildman–Crippen LogP) is 4.66. The van der Waals surface area contributed by atoms with Gasteiger partial charge >= 0.3 is 6.18 Å².